The second-order valence-electron chi connectivity index (χ2n) is 4.38. The summed E-state index contributed by atoms with van der Waals surface area (Å²) < 4.78 is 0. The lowest BCUT2D eigenvalue weighted by atomic mass is 9.96. The Labute approximate surface area is 80.3 Å². The van der Waals surface area contributed by atoms with Crippen LogP contribution in [0.15, 0.2) is 0 Å². The summed E-state index contributed by atoms with van der Waals surface area (Å²) in [7, 11) is 0. The van der Waals surface area contributed by atoms with Crippen LogP contribution in [0.3, 0.4) is 0 Å². The van der Waals surface area contributed by atoms with Gasteiger partial charge in [0.15, 0.2) is 0 Å². The fraction of sp³-hybridized carbons (Fsp3) is 0.909. The molecule has 1 saturated carbocycles. The minimum Gasteiger partial charge on any atom is -0.481 e. The van der Waals surface area contributed by atoms with Crippen LogP contribution in [-0.2, 0) is 4.79 Å². The molecule has 0 radical (unpaired) electrons. The third kappa shape index (κ3) is 2.23. The van der Waals surface area contributed by atoms with Crippen molar-refractivity contribution in [2.45, 2.75) is 52.4 Å². The van der Waals surface area contributed by atoms with Crippen molar-refractivity contribution >= 4 is 5.97 Å². The van der Waals surface area contributed by atoms with Crippen LogP contribution in [0.5, 0.6) is 0 Å². The average Bonchev–Trinajstić information content (AvgIpc) is 2.73. The second kappa shape index (κ2) is 4.12. The Bertz CT molecular complexity index is 189. The van der Waals surface area contributed by atoms with E-state index in [2.05, 4.69) is 6.92 Å². The summed E-state index contributed by atoms with van der Waals surface area (Å²) in [5.41, 5.74) is -0.326. The average molecular weight is 184 g/mol. The quantitative estimate of drug-likeness (QED) is 0.644. The van der Waals surface area contributed by atoms with Crippen molar-refractivity contribution in [3.8, 4) is 0 Å². The summed E-state index contributed by atoms with van der Waals surface area (Å²) >= 11 is 0. The number of unbranched alkanes of at least 4 members (excludes halogenated alkanes) is 3. The van der Waals surface area contributed by atoms with Gasteiger partial charge in [-0.1, -0.05) is 39.5 Å². The maximum Gasteiger partial charge on any atom is 0.309 e. The topological polar surface area (TPSA) is 37.3 Å². The summed E-state index contributed by atoms with van der Waals surface area (Å²) in [5, 5.41) is 9.03. The van der Waals surface area contributed by atoms with E-state index < -0.39 is 5.97 Å². The zero-order valence-electron chi connectivity index (χ0n) is 8.68. The molecule has 76 valence electrons. The third-order valence-corrected chi connectivity index (χ3v) is 3.36. The highest BCUT2D eigenvalue weighted by molar-refractivity contribution is 5.78. The van der Waals surface area contributed by atoms with Crippen molar-refractivity contribution in [3.63, 3.8) is 0 Å². The van der Waals surface area contributed by atoms with Gasteiger partial charge in [-0.15, -0.1) is 0 Å². The van der Waals surface area contributed by atoms with Crippen LogP contribution >= 0.6 is 0 Å². The standard InChI is InChI=1S/C11H20O2/c1-3-4-5-6-7-11(10(12)13)8-9(11)2/h9H,3-8H2,1-2H3,(H,12,13). The zero-order valence-corrected chi connectivity index (χ0v) is 8.68. The van der Waals surface area contributed by atoms with E-state index in [1.807, 2.05) is 6.92 Å². The molecule has 0 bridgehead atoms. The van der Waals surface area contributed by atoms with E-state index in [-0.39, 0.29) is 5.41 Å². The van der Waals surface area contributed by atoms with Crippen LogP contribution in [0.1, 0.15) is 52.4 Å². The molecule has 1 rings (SSSR count). The van der Waals surface area contributed by atoms with E-state index in [1.54, 1.807) is 0 Å². The second-order valence-corrected chi connectivity index (χ2v) is 4.38. The van der Waals surface area contributed by atoms with Crippen LogP contribution < -0.4 is 0 Å². The molecule has 2 unspecified atom stereocenters. The molecular formula is C11H20O2. The molecule has 1 fully saturated rings. The van der Waals surface area contributed by atoms with Gasteiger partial charge in [-0.05, 0) is 18.8 Å². The smallest absolute Gasteiger partial charge is 0.309 e. The molecule has 13 heavy (non-hydrogen) atoms. The zero-order chi connectivity index (χ0) is 9.90. The lowest BCUT2D eigenvalue weighted by molar-refractivity contribution is -0.144. The van der Waals surface area contributed by atoms with Crippen molar-refractivity contribution in [2.75, 3.05) is 0 Å². The first-order valence-electron chi connectivity index (χ1n) is 5.37. The lowest BCUT2D eigenvalue weighted by Gasteiger charge is -2.09. The van der Waals surface area contributed by atoms with Crippen LogP contribution in [0, 0.1) is 11.3 Å². The van der Waals surface area contributed by atoms with Gasteiger partial charge in [-0.2, -0.15) is 0 Å². The monoisotopic (exact) mass is 184 g/mol. The maximum absolute atomic E-state index is 11.0. The van der Waals surface area contributed by atoms with Crippen LogP contribution in [0.2, 0.25) is 0 Å². The van der Waals surface area contributed by atoms with Crippen molar-refractivity contribution in [1.29, 1.82) is 0 Å². The number of carbonyl (C=O) groups is 1. The van der Waals surface area contributed by atoms with E-state index in [1.165, 1.54) is 19.3 Å². The predicted octanol–water partition coefficient (Wildman–Crippen LogP) is 3.07. The number of carboxylic acid groups (broad SMARTS) is 1. The first-order valence-corrected chi connectivity index (χ1v) is 5.37. The number of rotatable bonds is 6. The highest BCUT2D eigenvalue weighted by atomic mass is 16.4. The van der Waals surface area contributed by atoms with Crippen LogP contribution in [-0.4, -0.2) is 11.1 Å². The number of hydrogen-bond donors (Lipinski definition) is 1. The molecule has 0 saturated heterocycles. The molecule has 0 heterocycles. The van der Waals surface area contributed by atoms with Gasteiger partial charge >= 0.3 is 5.97 Å². The lowest BCUT2D eigenvalue weighted by Crippen LogP contribution is -2.16. The fourth-order valence-corrected chi connectivity index (χ4v) is 2.11. The molecule has 2 atom stereocenters. The van der Waals surface area contributed by atoms with Crippen molar-refractivity contribution < 1.29 is 9.90 Å². The Morgan fingerprint density at radius 2 is 2.08 bits per heavy atom. The third-order valence-electron chi connectivity index (χ3n) is 3.36. The van der Waals surface area contributed by atoms with Gasteiger partial charge in [0, 0.05) is 0 Å². The summed E-state index contributed by atoms with van der Waals surface area (Å²) in [5.74, 6) is -0.164. The molecule has 0 aromatic rings. The Hall–Kier alpha value is -0.530. The molecule has 0 amide bonds. The van der Waals surface area contributed by atoms with E-state index in [0.717, 1.165) is 19.3 Å². The Morgan fingerprint density at radius 3 is 2.46 bits per heavy atom. The first-order chi connectivity index (χ1) is 6.13. The van der Waals surface area contributed by atoms with Gasteiger partial charge < -0.3 is 5.11 Å². The van der Waals surface area contributed by atoms with Gasteiger partial charge in [0.1, 0.15) is 0 Å². The number of aliphatic carboxylic acids is 1. The molecule has 2 heteroatoms. The normalized spacial score (nSPS) is 31.7. The van der Waals surface area contributed by atoms with Crippen molar-refractivity contribution in [2.24, 2.45) is 11.3 Å². The summed E-state index contributed by atoms with van der Waals surface area (Å²) in [4.78, 5) is 11.0. The molecule has 0 aliphatic heterocycles. The van der Waals surface area contributed by atoms with Gasteiger partial charge in [-0.3, -0.25) is 4.79 Å². The molecule has 1 aliphatic rings. The van der Waals surface area contributed by atoms with Gasteiger partial charge in [0.25, 0.3) is 0 Å². The summed E-state index contributed by atoms with van der Waals surface area (Å²) in [6, 6.07) is 0. The van der Waals surface area contributed by atoms with E-state index >= 15 is 0 Å². The largest absolute Gasteiger partial charge is 0.481 e. The summed E-state index contributed by atoms with van der Waals surface area (Å²) in [6.07, 6.45) is 6.53. The van der Waals surface area contributed by atoms with E-state index in [9.17, 15) is 4.79 Å². The molecule has 1 N–H and O–H groups in total. The molecule has 0 spiro atoms. The Kier molecular flexibility index (Phi) is 3.34. The molecule has 2 nitrogen and oxygen atoms in total. The van der Waals surface area contributed by atoms with Crippen LogP contribution in [0.25, 0.3) is 0 Å². The predicted molar refractivity (Wildman–Crippen MR) is 52.6 cm³/mol. The van der Waals surface area contributed by atoms with Crippen molar-refractivity contribution in [3.05, 3.63) is 0 Å². The van der Waals surface area contributed by atoms with Gasteiger partial charge in [-0.25, -0.2) is 0 Å². The summed E-state index contributed by atoms with van der Waals surface area (Å²) in [6.45, 7) is 4.22. The molecule has 0 aromatic heterocycles. The number of carboxylic acids is 1. The maximum atomic E-state index is 11.0. The van der Waals surface area contributed by atoms with Crippen LogP contribution in [0.4, 0.5) is 0 Å². The highest BCUT2D eigenvalue weighted by Gasteiger charge is 2.56. The molecular weight excluding hydrogens is 164 g/mol. The van der Waals surface area contributed by atoms with E-state index in [4.69, 9.17) is 5.11 Å². The minimum absolute atomic E-state index is 0.326. The number of hydrogen-bond acceptors (Lipinski definition) is 1. The Balaban J connectivity index is 2.23. The van der Waals surface area contributed by atoms with E-state index in [0.29, 0.717) is 5.92 Å². The van der Waals surface area contributed by atoms with Gasteiger partial charge in [0.05, 0.1) is 5.41 Å². The first kappa shape index (κ1) is 10.6. The Morgan fingerprint density at radius 1 is 1.46 bits per heavy atom. The SMILES string of the molecule is CCCCCCC1(C(=O)O)CC1C. The molecule has 1 aliphatic carbocycles. The minimum atomic E-state index is -0.573. The fourth-order valence-electron chi connectivity index (χ4n) is 2.11. The molecule has 0 aromatic carbocycles. The van der Waals surface area contributed by atoms with Gasteiger partial charge in [0.2, 0.25) is 0 Å². The highest BCUT2D eigenvalue weighted by Crippen LogP contribution is 2.55. The van der Waals surface area contributed by atoms with Crippen molar-refractivity contribution in [1.82, 2.24) is 0 Å².